The summed E-state index contributed by atoms with van der Waals surface area (Å²) in [5, 5.41) is 7.60. The van der Waals surface area contributed by atoms with Crippen LogP contribution < -0.4 is 29.6 Å². The first kappa shape index (κ1) is 18.0. The molecule has 0 saturated carbocycles. The average molecular weight is 204 g/mol. The van der Waals surface area contributed by atoms with Crippen molar-refractivity contribution in [1.82, 2.24) is 0 Å². The van der Waals surface area contributed by atoms with E-state index in [-0.39, 0.29) is 29.6 Å². The molecule has 0 unspecified atom stereocenters. The quantitative estimate of drug-likeness (QED) is 0.221. The summed E-state index contributed by atoms with van der Waals surface area (Å²) in [7, 11) is -3.79. The maximum Gasteiger partial charge on any atom is 1.00 e. The summed E-state index contributed by atoms with van der Waals surface area (Å²) < 4.78 is 26.7. The number of rotatable bonds is 2. The summed E-state index contributed by atoms with van der Waals surface area (Å²) in [5.41, 5.74) is 0. The van der Waals surface area contributed by atoms with Crippen LogP contribution in [0.5, 0.6) is 0 Å². The van der Waals surface area contributed by atoms with Crippen molar-refractivity contribution in [1.29, 1.82) is 0 Å². The molecule has 0 aliphatic carbocycles. The molecule has 0 atom stereocenters. The Bertz CT molecular complexity index is 220. The van der Waals surface area contributed by atoms with Crippen molar-refractivity contribution >= 4 is 16.1 Å². The van der Waals surface area contributed by atoms with Crippen LogP contribution in [0.3, 0.4) is 0 Å². The van der Waals surface area contributed by atoms with Gasteiger partial charge >= 0.3 is 35.5 Å². The molecule has 2 N–H and O–H groups in total. The van der Waals surface area contributed by atoms with Gasteiger partial charge in [0, 0.05) is 6.08 Å². The molecule has 0 saturated heterocycles. The first-order valence-electron chi connectivity index (χ1n) is 2.45. The molecule has 0 aliphatic heterocycles. The SMILES string of the molecule is C=CC(=O)O.C[CH-]S(=O)(=O)O.[Na+]. The van der Waals surface area contributed by atoms with Gasteiger partial charge < -0.3 is 9.66 Å². The van der Waals surface area contributed by atoms with Crippen LogP contribution in [0.15, 0.2) is 12.7 Å². The first-order valence-corrected chi connectivity index (χ1v) is 3.96. The summed E-state index contributed by atoms with van der Waals surface area (Å²) in [5.74, 6) is -0.266. The molecule has 12 heavy (non-hydrogen) atoms. The number of aliphatic carboxylic acids is 1. The predicted molar refractivity (Wildman–Crippen MR) is 39.4 cm³/mol. The Balaban J connectivity index is -0.000000126. The van der Waals surface area contributed by atoms with Crippen molar-refractivity contribution in [3.05, 3.63) is 18.4 Å². The zero-order valence-electron chi connectivity index (χ0n) is 6.89. The molecule has 0 aromatic carbocycles. The first-order chi connectivity index (χ1) is 4.83. The van der Waals surface area contributed by atoms with Crippen molar-refractivity contribution < 1.29 is 52.4 Å². The number of hydrogen-bond donors (Lipinski definition) is 2. The summed E-state index contributed by atoms with van der Waals surface area (Å²) in [6, 6.07) is 0. The van der Waals surface area contributed by atoms with Gasteiger partial charge in [0.05, 0.1) is 0 Å². The fourth-order valence-corrected chi connectivity index (χ4v) is 0. The van der Waals surface area contributed by atoms with E-state index in [0.717, 1.165) is 6.08 Å². The molecule has 0 spiro atoms. The molecule has 0 aromatic heterocycles. The Morgan fingerprint density at radius 1 is 1.58 bits per heavy atom. The van der Waals surface area contributed by atoms with E-state index in [1.807, 2.05) is 0 Å². The van der Waals surface area contributed by atoms with Gasteiger partial charge in [0.25, 0.3) is 0 Å². The third-order valence-corrected chi connectivity index (χ3v) is 1.07. The summed E-state index contributed by atoms with van der Waals surface area (Å²) >= 11 is 0. The second-order valence-electron chi connectivity index (χ2n) is 1.29. The summed E-state index contributed by atoms with van der Waals surface area (Å²) in [4.78, 5) is 9.25. The smallest absolute Gasteiger partial charge is 0.478 e. The molecular formula is C5H9NaO5S. The number of carbonyl (C=O) groups is 1. The third-order valence-electron chi connectivity index (χ3n) is 0.472. The molecule has 0 aliphatic rings. The standard InChI is InChI=1S/C3H4O2.C2H5O3S.Na/c1-2-3(4)5;1-2-6(3,4)5;/h2H,1H2,(H,4,5);2H,1H3,(H,3,4,5);/q;-1;+1. The normalized spacial score (nSPS) is 8.50. The summed E-state index contributed by atoms with van der Waals surface area (Å²) in [6.07, 6.45) is 0.833. The van der Waals surface area contributed by atoms with E-state index < -0.39 is 16.1 Å². The molecule has 0 aromatic rings. The van der Waals surface area contributed by atoms with Gasteiger partial charge in [0.2, 0.25) is 0 Å². The molecule has 7 heteroatoms. The monoisotopic (exact) mass is 204 g/mol. The van der Waals surface area contributed by atoms with Crippen LogP contribution in [0.2, 0.25) is 0 Å². The Hall–Kier alpha value is 0.120. The molecule has 0 radical (unpaired) electrons. The van der Waals surface area contributed by atoms with Gasteiger partial charge in [-0.25, -0.2) is 13.2 Å². The van der Waals surface area contributed by atoms with E-state index in [1.54, 1.807) is 0 Å². The van der Waals surface area contributed by atoms with Crippen LogP contribution in [0.1, 0.15) is 6.92 Å². The zero-order chi connectivity index (χ0) is 9.49. The van der Waals surface area contributed by atoms with Crippen molar-refractivity contribution in [2.45, 2.75) is 6.92 Å². The van der Waals surface area contributed by atoms with Crippen molar-refractivity contribution in [3.8, 4) is 0 Å². The van der Waals surface area contributed by atoms with Crippen molar-refractivity contribution in [2.24, 2.45) is 0 Å². The maximum absolute atomic E-state index is 9.50. The van der Waals surface area contributed by atoms with Crippen LogP contribution in [0.25, 0.3) is 0 Å². The van der Waals surface area contributed by atoms with Crippen molar-refractivity contribution in [3.63, 3.8) is 0 Å². The molecular weight excluding hydrogens is 195 g/mol. The Morgan fingerprint density at radius 3 is 1.75 bits per heavy atom. The van der Waals surface area contributed by atoms with E-state index in [1.165, 1.54) is 6.92 Å². The molecule has 0 fully saturated rings. The van der Waals surface area contributed by atoms with Crippen LogP contribution in [-0.2, 0) is 14.9 Å². The fraction of sp³-hybridized carbons (Fsp3) is 0.200. The van der Waals surface area contributed by atoms with Crippen LogP contribution in [0.4, 0.5) is 0 Å². The van der Waals surface area contributed by atoms with E-state index in [9.17, 15) is 13.2 Å². The Morgan fingerprint density at radius 2 is 1.75 bits per heavy atom. The largest absolute Gasteiger partial charge is 1.00 e. The minimum atomic E-state index is -3.79. The van der Waals surface area contributed by atoms with Gasteiger partial charge in [-0.3, -0.25) is 0 Å². The molecule has 0 bridgehead atoms. The second kappa shape index (κ2) is 9.21. The maximum atomic E-state index is 9.50. The summed E-state index contributed by atoms with van der Waals surface area (Å²) in [6.45, 7) is 4.21. The van der Waals surface area contributed by atoms with E-state index >= 15 is 0 Å². The van der Waals surface area contributed by atoms with Crippen LogP contribution in [-0.4, -0.2) is 24.0 Å². The van der Waals surface area contributed by atoms with Crippen molar-refractivity contribution in [2.75, 3.05) is 0 Å². The fourth-order valence-electron chi connectivity index (χ4n) is 0. The minimum absolute atomic E-state index is 0. The Kier molecular flexibility index (Phi) is 13.8. The molecule has 0 heterocycles. The van der Waals surface area contributed by atoms with Gasteiger partial charge in [-0.15, -0.1) is 0 Å². The predicted octanol–water partition coefficient (Wildman–Crippen LogP) is -2.68. The van der Waals surface area contributed by atoms with Gasteiger partial charge in [-0.2, -0.15) is 12.7 Å². The molecule has 5 nitrogen and oxygen atoms in total. The van der Waals surface area contributed by atoms with E-state index in [4.69, 9.17) is 9.66 Å². The zero-order valence-corrected chi connectivity index (χ0v) is 9.71. The number of carboxylic acids is 1. The average Bonchev–Trinajstić information content (AvgIpc) is 1.88. The second-order valence-corrected chi connectivity index (χ2v) is 2.79. The van der Waals surface area contributed by atoms with E-state index in [2.05, 4.69) is 6.58 Å². The van der Waals surface area contributed by atoms with Crippen LogP contribution in [0, 0.1) is 5.75 Å². The van der Waals surface area contributed by atoms with Gasteiger partial charge in [-0.1, -0.05) is 6.58 Å². The third kappa shape index (κ3) is 32.1. The van der Waals surface area contributed by atoms with Gasteiger partial charge in [0.15, 0.2) is 0 Å². The molecule has 0 amide bonds. The topological polar surface area (TPSA) is 91.7 Å². The van der Waals surface area contributed by atoms with Gasteiger partial charge in [0.1, 0.15) is 10.1 Å². The molecule has 0 rings (SSSR count). The van der Waals surface area contributed by atoms with Crippen LogP contribution >= 0.6 is 0 Å². The number of hydrogen-bond acceptors (Lipinski definition) is 3. The Labute approximate surface area is 93.5 Å². The van der Waals surface area contributed by atoms with E-state index in [0.29, 0.717) is 5.75 Å². The minimum Gasteiger partial charge on any atom is -0.478 e. The van der Waals surface area contributed by atoms with Gasteiger partial charge in [-0.05, 0) is 0 Å². The number of carboxylic acid groups (broad SMARTS) is 1. The molecule has 66 valence electrons.